The van der Waals surface area contributed by atoms with Crippen LogP contribution >= 0.6 is 0 Å². The molecule has 0 bridgehead atoms. The minimum absolute atomic E-state index is 0.00909. The minimum atomic E-state index is -0.946. The second kappa shape index (κ2) is 15.5. The van der Waals surface area contributed by atoms with Crippen LogP contribution < -0.4 is 10.6 Å². The number of hydrazine groups is 1. The Bertz CT molecular complexity index is 1840. The van der Waals surface area contributed by atoms with E-state index in [4.69, 9.17) is 0 Å². The van der Waals surface area contributed by atoms with E-state index in [0.29, 0.717) is 12.2 Å². The first-order valence-corrected chi connectivity index (χ1v) is 16.4. The number of phenols is 1. The van der Waals surface area contributed by atoms with E-state index >= 15 is 0 Å². The van der Waals surface area contributed by atoms with Crippen LogP contribution in [0.3, 0.4) is 0 Å². The van der Waals surface area contributed by atoms with Gasteiger partial charge in [0, 0.05) is 26.1 Å². The molecular weight excluding hydrogens is 634 g/mol. The van der Waals surface area contributed by atoms with E-state index in [-0.39, 0.29) is 68.3 Å². The smallest absolute Gasteiger partial charge is 0.334 e. The summed E-state index contributed by atoms with van der Waals surface area (Å²) in [5, 5.41) is 18.9. The van der Waals surface area contributed by atoms with Crippen molar-refractivity contribution in [1.82, 2.24) is 35.4 Å². The highest BCUT2D eigenvalue weighted by Gasteiger charge is 2.51. The molecule has 2 fully saturated rings. The zero-order chi connectivity index (χ0) is 35.0. The Kier molecular flexibility index (Phi) is 10.5. The molecule has 5 amide bonds. The van der Waals surface area contributed by atoms with Gasteiger partial charge in [0.25, 0.3) is 5.91 Å². The zero-order valence-electron chi connectivity index (χ0n) is 27.5. The fourth-order valence-corrected chi connectivity index (χ4v) is 6.31. The van der Waals surface area contributed by atoms with Gasteiger partial charge in [0.1, 0.15) is 23.7 Å². The monoisotopic (exact) mass is 673 g/mol. The Labute approximate surface area is 290 Å². The van der Waals surface area contributed by atoms with Crippen LogP contribution in [-0.4, -0.2) is 85.5 Å². The highest BCUT2D eigenvalue weighted by molar-refractivity contribution is 5.93. The molecule has 1 aromatic heterocycles. The number of carbonyl (C=O) groups is 4. The van der Waals surface area contributed by atoms with Gasteiger partial charge in [-0.05, 0) is 41.0 Å². The molecule has 3 aromatic carbocycles. The fourth-order valence-electron chi connectivity index (χ4n) is 6.31. The van der Waals surface area contributed by atoms with E-state index < -0.39 is 18.2 Å². The van der Waals surface area contributed by atoms with Gasteiger partial charge in [0.05, 0.1) is 25.3 Å². The maximum atomic E-state index is 14.3. The number of carbonyl (C=O) groups excluding carboxylic acids is 4. The third-order valence-corrected chi connectivity index (χ3v) is 8.72. The van der Waals surface area contributed by atoms with Gasteiger partial charge in [-0.25, -0.2) is 19.8 Å². The molecule has 12 heteroatoms. The van der Waals surface area contributed by atoms with Crippen LogP contribution in [0.25, 0.3) is 0 Å². The van der Waals surface area contributed by atoms with Crippen molar-refractivity contribution >= 4 is 23.8 Å². The summed E-state index contributed by atoms with van der Waals surface area (Å²) in [4.78, 5) is 62.8. The molecule has 12 nitrogen and oxygen atoms in total. The number of urea groups is 1. The van der Waals surface area contributed by atoms with Crippen molar-refractivity contribution in [1.29, 1.82) is 0 Å². The maximum Gasteiger partial charge on any atom is 0.334 e. The van der Waals surface area contributed by atoms with Crippen LogP contribution in [0.4, 0.5) is 4.79 Å². The first-order chi connectivity index (χ1) is 24.3. The number of aromatic nitrogens is 1. The molecule has 0 spiro atoms. The standard InChI is InChI=1S/C38H39N7O5/c1-2-20-43-26-35(47)44-33(21-27-16-18-31(46)19-17-27)37(49)42(25-34(44)45(43)38(50)40-23-29-12-7-4-8-13-29)24-30-14-9-15-32(41-30)36(48)39-22-28-10-5-3-6-11-28/h2-19,33-34,46H,1,20-26H2,(H,39,48)(H,40,50)/t33-,34-/m0/s1. The summed E-state index contributed by atoms with van der Waals surface area (Å²) in [5.74, 6) is -0.880. The first-order valence-electron chi connectivity index (χ1n) is 16.4. The number of fused-ring (bicyclic) bond motifs is 1. The molecule has 2 atom stereocenters. The van der Waals surface area contributed by atoms with Crippen LogP contribution in [0.2, 0.25) is 0 Å². The van der Waals surface area contributed by atoms with E-state index in [1.807, 2.05) is 60.7 Å². The van der Waals surface area contributed by atoms with Crippen LogP contribution in [0.1, 0.15) is 32.9 Å². The predicted molar refractivity (Wildman–Crippen MR) is 186 cm³/mol. The third-order valence-electron chi connectivity index (χ3n) is 8.72. The van der Waals surface area contributed by atoms with Gasteiger partial charge >= 0.3 is 6.03 Å². The Balaban J connectivity index is 1.28. The van der Waals surface area contributed by atoms with E-state index in [2.05, 4.69) is 22.2 Å². The molecular formula is C38H39N7O5. The lowest BCUT2D eigenvalue weighted by atomic mass is 9.98. The molecule has 0 unspecified atom stereocenters. The summed E-state index contributed by atoms with van der Waals surface area (Å²) in [6.07, 6.45) is 0.941. The van der Waals surface area contributed by atoms with Crippen LogP contribution in [0.15, 0.2) is 116 Å². The number of piperazine rings is 1. The van der Waals surface area contributed by atoms with Gasteiger partial charge in [0.2, 0.25) is 11.8 Å². The van der Waals surface area contributed by atoms with Crippen molar-refractivity contribution in [3.63, 3.8) is 0 Å². The van der Waals surface area contributed by atoms with Crippen molar-refractivity contribution in [2.75, 3.05) is 19.6 Å². The van der Waals surface area contributed by atoms with Crippen molar-refractivity contribution in [2.24, 2.45) is 0 Å². The van der Waals surface area contributed by atoms with Gasteiger partial charge < -0.3 is 25.5 Å². The summed E-state index contributed by atoms with van der Waals surface area (Å²) in [5.41, 5.74) is 3.28. The van der Waals surface area contributed by atoms with Gasteiger partial charge in [-0.2, -0.15) is 0 Å². The fraction of sp³-hybridized carbons (Fsp3) is 0.237. The second-order valence-corrected chi connectivity index (χ2v) is 12.2. The zero-order valence-corrected chi connectivity index (χ0v) is 27.5. The van der Waals surface area contributed by atoms with Gasteiger partial charge in [0.15, 0.2) is 0 Å². The van der Waals surface area contributed by atoms with E-state index in [0.717, 1.165) is 16.7 Å². The Morgan fingerprint density at radius 1 is 0.840 bits per heavy atom. The average Bonchev–Trinajstić information content (AvgIpc) is 3.13. The highest BCUT2D eigenvalue weighted by atomic mass is 16.3. The number of benzene rings is 3. The van der Waals surface area contributed by atoms with Crippen molar-refractivity contribution < 1.29 is 24.3 Å². The molecule has 256 valence electrons. The topological polar surface area (TPSA) is 138 Å². The number of hydrogen-bond acceptors (Lipinski definition) is 7. The van der Waals surface area contributed by atoms with Crippen LogP contribution in [0.5, 0.6) is 5.75 Å². The maximum absolute atomic E-state index is 14.3. The molecule has 0 aliphatic carbocycles. The number of nitrogens with one attached hydrogen (secondary N) is 2. The first kappa shape index (κ1) is 33.9. The SMILES string of the molecule is C=CCN1CC(=O)N2[C@@H](Cc3ccc(O)cc3)C(=O)N(Cc3cccc(C(=O)NCc4ccccc4)n3)C[C@@H]2N1C(=O)NCc1ccccc1. The highest BCUT2D eigenvalue weighted by Crippen LogP contribution is 2.29. The van der Waals surface area contributed by atoms with E-state index in [1.54, 1.807) is 46.3 Å². The van der Waals surface area contributed by atoms with Crippen LogP contribution in [-0.2, 0) is 35.6 Å². The predicted octanol–water partition coefficient (Wildman–Crippen LogP) is 3.45. The summed E-state index contributed by atoms with van der Waals surface area (Å²) in [7, 11) is 0. The average molecular weight is 674 g/mol. The molecule has 0 saturated carbocycles. The minimum Gasteiger partial charge on any atom is -0.508 e. The molecule has 4 aromatic rings. The summed E-state index contributed by atoms with van der Waals surface area (Å²) in [6.45, 7) is 4.60. The normalized spacial score (nSPS) is 17.6. The summed E-state index contributed by atoms with van der Waals surface area (Å²) in [6, 6.07) is 29.2. The number of rotatable bonds is 11. The lowest BCUT2D eigenvalue weighted by Gasteiger charge is -2.55. The number of hydrogen-bond donors (Lipinski definition) is 3. The van der Waals surface area contributed by atoms with Gasteiger partial charge in [-0.3, -0.25) is 14.4 Å². The van der Waals surface area contributed by atoms with E-state index in [1.165, 1.54) is 22.0 Å². The van der Waals surface area contributed by atoms with E-state index in [9.17, 15) is 24.3 Å². The summed E-state index contributed by atoms with van der Waals surface area (Å²) < 4.78 is 0. The third kappa shape index (κ3) is 7.82. The van der Waals surface area contributed by atoms with Crippen LogP contribution in [0, 0.1) is 0 Å². The molecule has 0 radical (unpaired) electrons. The molecule has 50 heavy (non-hydrogen) atoms. The lowest BCUT2D eigenvalue weighted by molar-refractivity contribution is -0.189. The Morgan fingerprint density at radius 3 is 2.16 bits per heavy atom. The number of nitrogens with zero attached hydrogens (tertiary/aromatic N) is 5. The Morgan fingerprint density at radius 2 is 1.50 bits per heavy atom. The summed E-state index contributed by atoms with van der Waals surface area (Å²) >= 11 is 0. The molecule has 2 aliphatic heterocycles. The lowest BCUT2D eigenvalue weighted by Crippen LogP contribution is -2.76. The molecule has 3 N–H and O–H groups in total. The van der Waals surface area contributed by atoms with Crippen molar-refractivity contribution in [3.8, 4) is 5.75 Å². The Hall–Kier alpha value is -6.01. The number of aromatic hydroxyl groups is 1. The molecule has 2 aliphatic rings. The number of pyridine rings is 1. The second-order valence-electron chi connectivity index (χ2n) is 12.2. The van der Waals surface area contributed by atoms with Crippen molar-refractivity contribution in [3.05, 3.63) is 144 Å². The van der Waals surface area contributed by atoms with Crippen molar-refractivity contribution in [2.45, 2.75) is 38.3 Å². The molecule has 6 rings (SSSR count). The number of phenolic OH excluding ortho intramolecular Hbond substituents is 1. The van der Waals surface area contributed by atoms with Gasteiger partial charge in [-0.1, -0.05) is 84.9 Å². The quantitative estimate of drug-likeness (QED) is 0.208. The van der Waals surface area contributed by atoms with Gasteiger partial charge in [-0.15, -0.1) is 6.58 Å². The number of amides is 5. The molecule has 3 heterocycles. The largest absolute Gasteiger partial charge is 0.508 e. The molecule has 2 saturated heterocycles.